The van der Waals surface area contributed by atoms with Gasteiger partial charge in [-0.25, -0.2) is 0 Å². The van der Waals surface area contributed by atoms with E-state index in [1.165, 1.54) is 18.2 Å². The summed E-state index contributed by atoms with van der Waals surface area (Å²) in [5.41, 5.74) is 5.29. The van der Waals surface area contributed by atoms with Crippen LogP contribution < -0.4 is 11.1 Å². The smallest absolute Gasteiger partial charge is 0.271 e. The highest BCUT2D eigenvalue weighted by Crippen LogP contribution is 2.21. The van der Waals surface area contributed by atoms with Crippen LogP contribution >= 0.6 is 15.9 Å². The van der Waals surface area contributed by atoms with Crippen LogP contribution in [0.4, 0.5) is 5.69 Å². The van der Waals surface area contributed by atoms with Crippen molar-refractivity contribution in [3.8, 4) is 0 Å². The molecular formula is C11H14BrN3O3. The van der Waals surface area contributed by atoms with Crippen molar-refractivity contribution in [1.82, 2.24) is 5.32 Å². The first-order valence-electron chi connectivity index (χ1n) is 5.21. The van der Waals surface area contributed by atoms with Crippen molar-refractivity contribution < 1.29 is 9.72 Å². The van der Waals surface area contributed by atoms with Gasteiger partial charge in [-0.15, -0.1) is 0 Å². The molecule has 0 fully saturated rings. The third-order valence-corrected chi connectivity index (χ3v) is 2.52. The number of hydrogen-bond donors (Lipinski definition) is 2. The van der Waals surface area contributed by atoms with E-state index in [1.807, 2.05) is 0 Å². The molecule has 18 heavy (non-hydrogen) atoms. The molecule has 0 heterocycles. The molecule has 1 aromatic carbocycles. The lowest BCUT2D eigenvalue weighted by atomic mass is 10.1. The average Bonchev–Trinajstić information content (AvgIpc) is 2.23. The highest BCUT2D eigenvalue weighted by atomic mass is 79.9. The number of nitrogens with zero attached hydrogens (tertiary/aromatic N) is 1. The molecule has 0 saturated carbocycles. The number of benzene rings is 1. The number of nitrogens with one attached hydrogen (secondary N) is 1. The van der Waals surface area contributed by atoms with Gasteiger partial charge in [-0.3, -0.25) is 14.9 Å². The second-order valence-electron chi connectivity index (χ2n) is 4.63. The van der Waals surface area contributed by atoms with Crippen molar-refractivity contribution in [3.63, 3.8) is 0 Å². The number of hydrogen-bond acceptors (Lipinski definition) is 4. The van der Waals surface area contributed by atoms with E-state index < -0.39 is 16.4 Å². The number of carbonyl (C=O) groups is 1. The van der Waals surface area contributed by atoms with Gasteiger partial charge in [0.1, 0.15) is 0 Å². The summed E-state index contributed by atoms with van der Waals surface area (Å²) in [5.74, 6) is -0.391. The largest absolute Gasteiger partial charge is 0.350 e. The lowest BCUT2D eigenvalue weighted by molar-refractivity contribution is -0.385. The lowest BCUT2D eigenvalue weighted by Gasteiger charge is -2.18. The minimum absolute atomic E-state index is 0.137. The fraction of sp³-hybridized carbons (Fsp3) is 0.364. The minimum atomic E-state index is -0.547. The van der Waals surface area contributed by atoms with Crippen LogP contribution in [0.25, 0.3) is 0 Å². The number of nitro benzene ring substituents is 1. The normalized spacial score (nSPS) is 11.1. The number of amides is 1. The maximum atomic E-state index is 11.8. The predicted molar refractivity (Wildman–Crippen MR) is 71.4 cm³/mol. The Hall–Kier alpha value is -1.47. The Balaban J connectivity index is 2.89. The summed E-state index contributed by atoms with van der Waals surface area (Å²) in [5, 5.41) is 13.3. The number of nitro groups is 1. The molecule has 0 unspecified atom stereocenters. The average molecular weight is 316 g/mol. The van der Waals surface area contributed by atoms with Gasteiger partial charge in [0, 0.05) is 34.3 Å². The van der Waals surface area contributed by atoms with Gasteiger partial charge in [0.15, 0.2) is 0 Å². The highest BCUT2D eigenvalue weighted by Gasteiger charge is 2.16. The minimum Gasteiger partial charge on any atom is -0.350 e. The molecule has 0 atom stereocenters. The fourth-order valence-corrected chi connectivity index (χ4v) is 1.70. The Labute approximate surface area is 113 Å². The van der Waals surface area contributed by atoms with E-state index in [4.69, 9.17) is 5.73 Å². The van der Waals surface area contributed by atoms with Crippen molar-refractivity contribution in [1.29, 1.82) is 0 Å². The molecule has 3 N–H and O–H groups in total. The van der Waals surface area contributed by atoms with Gasteiger partial charge in [-0.2, -0.15) is 0 Å². The van der Waals surface area contributed by atoms with Crippen molar-refractivity contribution in [2.75, 3.05) is 6.54 Å². The molecule has 1 aromatic rings. The van der Waals surface area contributed by atoms with Crippen LogP contribution in [0.1, 0.15) is 24.2 Å². The summed E-state index contributed by atoms with van der Waals surface area (Å²) in [6.07, 6.45) is 0. The molecule has 0 aromatic heterocycles. The molecule has 7 heteroatoms. The molecule has 98 valence electrons. The Bertz CT molecular complexity index is 483. The standard InChI is InChI=1S/C11H14BrN3O3/c1-11(2,13)6-14-10(16)7-3-8(12)5-9(4-7)15(17)18/h3-5H,6,13H2,1-2H3,(H,14,16). The summed E-state index contributed by atoms with van der Waals surface area (Å²) in [6.45, 7) is 3.83. The van der Waals surface area contributed by atoms with Crippen molar-refractivity contribution in [2.45, 2.75) is 19.4 Å². The van der Waals surface area contributed by atoms with Crippen LogP contribution in [-0.2, 0) is 0 Å². The van der Waals surface area contributed by atoms with E-state index >= 15 is 0 Å². The summed E-state index contributed by atoms with van der Waals surface area (Å²) in [6, 6.07) is 4.08. The van der Waals surface area contributed by atoms with Gasteiger partial charge in [-0.1, -0.05) is 15.9 Å². The molecule has 0 saturated heterocycles. The van der Waals surface area contributed by atoms with Crippen LogP contribution in [0, 0.1) is 10.1 Å². The third-order valence-electron chi connectivity index (χ3n) is 2.06. The summed E-state index contributed by atoms with van der Waals surface area (Å²) in [7, 11) is 0. The summed E-state index contributed by atoms with van der Waals surface area (Å²) >= 11 is 3.13. The topological polar surface area (TPSA) is 98.3 Å². The predicted octanol–water partition coefficient (Wildman–Crippen LogP) is 1.82. The van der Waals surface area contributed by atoms with Gasteiger partial charge in [0.05, 0.1) is 4.92 Å². The number of non-ortho nitro benzene ring substituents is 1. The van der Waals surface area contributed by atoms with Gasteiger partial charge >= 0.3 is 0 Å². The van der Waals surface area contributed by atoms with E-state index in [9.17, 15) is 14.9 Å². The van der Waals surface area contributed by atoms with Gasteiger partial charge in [0.25, 0.3) is 11.6 Å². The SMILES string of the molecule is CC(C)(N)CNC(=O)c1cc(Br)cc([N+](=O)[O-])c1. The first-order chi connectivity index (χ1) is 8.19. The Kier molecular flexibility index (Phi) is 4.42. The molecule has 1 amide bonds. The zero-order valence-electron chi connectivity index (χ0n) is 10.1. The van der Waals surface area contributed by atoms with E-state index in [0.29, 0.717) is 4.47 Å². The van der Waals surface area contributed by atoms with Gasteiger partial charge in [0.2, 0.25) is 0 Å². The van der Waals surface area contributed by atoms with Crippen LogP contribution in [0.2, 0.25) is 0 Å². The van der Waals surface area contributed by atoms with Crippen molar-refractivity contribution >= 4 is 27.5 Å². The van der Waals surface area contributed by atoms with Gasteiger partial charge < -0.3 is 11.1 Å². The zero-order chi connectivity index (χ0) is 13.9. The first kappa shape index (κ1) is 14.6. The van der Waals surface area contributed by atoms with E-state index in [2.05, 4.69) is 21.2 Å². The maximum Gasteiger partial charge on any atom is 0.271 e. The first-order valence-corrected chi connectivity index (χ1v) is 6.00. The van der Waals surface area contributed by atoms with Crippen molar-refractivity contribution in [2.24, 2.45) is 5.73 Å². The molecule has 0 aliphatic rings. The quantitative estimate of drug-likeness (QED) is 0.654. The Morgan fingerprint density at radius 3 is 2.61 bits per heavy atom. The summed E-state index contributed by atoms with van der Waals surface area (Å²) < 4.78 is 0.480. The second kappa shape index (κ2) is 5.45. The van der Waals surface area contributed by atoms with Crippen LogP contribution in [0.15, 0.2) is 22.7 Å². The highest BCUT2D eigenvalue weighted by molar-refractivity contribution is 9.10. The van der Waals surface area contributed by atoms with E-state index in [0.717, 1.165) is 0 Å². The number of rotatable bonds is 4. The maximum absolute atomic E-state index is 11.8. The Morgan fingerprint density at radius 1 is 1.50 bits per heavy atom. The van der Waals surface area contributed by atoms with Gasteiger partial charge in [-0.05, 0) is 19.9 Å². The molecular weight excluding hydrogens is 302 g/mol. The Morgan fingerprint density at radius 2 is 2.11 bits per heavy atom. The van der Waals surface area contributed by atoms with Crippen molar-refractivity contribution in [3.05, 3.63) is 38.3 Å². The molecule has 0 spiro atoms. The molecule has 0 bridgehead atoms. The molecule has 0 aliphatic heterocycles. The second-order valence-corrected chi connectivity index (χ2v) is 5.54. The van der Waals surface area contributed by atoms with Crippen LogP contribution in [0.3, 0.4) is 0 Å². The molecule has 0 aliphatic carbocycles. The third kappa shape index (κ3) is 4.42. The molecule has 1 rings (SSSR count). The van der Waals surface area contributed by atoms with Crippen LogP contribution in [0.5, 0.6) is 0 Å². The van der Waals surface area contributed by atoms with E-state index in [1.54, 1.807) is 13.8 Å². The van der Waals surface area contributed by atoms with E-state index in [-0.39, 0.29) is 17.8 Å². The summed E-state index contributed by atoms with van der Waals surface area (Å²) in [4.78, 5) is 21.9. The van der Waals surface area contributed by atoms with Crippen LogP contribution in [-0.4, -0.2) is 22.9 Å². The zero-order valence-corrected chi connectivity index (χ0v) is 11.7. The molecule has 0 radical (unpaired) electrons. The lowest BCUT2D eigenvalue weighted by Crippen LogP contribution is -2.45. The number of halogens is 1. The fourth-order valence-electron chi connectivity index (χ4n) is 1.22. The molecule has 6 nitrogen and oxygen atoms in total. The monoisotopic (exact) mass is 315 g/mol. The number of carbonyl (C=O) groups excluding carboxylic acids is 1. The number of nitrogens with two attached hydrogens (primary N) is 1.